The molecule has 0 spiro atoms. The van der Waals surface area contributed by atoms with Crippen LogP contribution in [-0.4, -0.2) is 10.9 Å². The van der Waals surface area contributed by atoms with Crippen LogP contribution in [0, 0.1) is 18.3 Å². The van der Waals surface area contributed by atoms with Gasteiger partial charge >= 0.3 is 0 Å². The van der Waals surface area contributed by atoms with Gasteiger partial charge in [-0.1, -0.05) is 25.5 Å². The van der Waals surface area contributed by atoms with Crippen molar-refractivity contribution in [2.75, 3.05) is 0 Å². The molecule has 0 unspecified atom stereocenters. The zero-order valence-electron chi connectivity index (χ0n) is 12.5. The standard InChI is InChI=1S/C18H22O2/c1-11-7-14-13(9-16(11)19)8-12-5-4-6-18(2,3)15(12)10-17(14)20/h7-9,15,19H,4-6,10H2,1-3H3/t15-/m0/s1. The molecule has 0 heterocycles. The predicted octanol–water partition coefficient (Wildman–Crippen LogP) is 4.50. The van der Waals surface area contributed by atoms with E-state index in [-0.39, 0.29) is 16.9 Å². The predicted molar refractivity (Wildman–Crippen MR) is 80.9 cm³/mol. The monoisotopic (exact) mass is 270 g/mol. The first-order valence-corrected chi connectivity index (χ1v) is 7.46. The summed E-state index contributed by atoms with van der Waals surface area (Å²) in [6.45, 7) is 6.39. The SMILES string of the molecule is Cc1cc2c(cc1O)C=C1CCCC(C)(C)[C@H]1CC2=O. The molecule has 2 heteroatoms. The van der Waals surface area contributed by atoms with Gasteiger partial charge in [-0.3, -0.25) is 4.79 Å². The van der Waals surface area contributed by atoms with Crippen LogP contribution in [-0.2, 0) is 0 Å². The zero-order chi connectivity index (χ0) is 14.5. The van der Waals surface area contributed by atoms with Crippen LogP contribution in [0.4, 0.5) is 0 Å². The van der Waals surface area contributed by atoms with Gasteiger partial charge in [-0.2, -0.15) is 0 Å². The van der Waals surface area contributed by atoms with Crippen LogP contribution in [0.5, 0.6) is 5.75 Å². The van der Waals surface area contributed by atoms with E-state index in [2.05, 4.69) is 19.9 Å². The van der Waals surface area contributed by atoms with Crippen LogP contribution in [0.3, 0.4) is 0 Å². The van der Waals surface area contributed by atoms with E-state index in [1.807, 2.05) is 13.0 Å². The van der Waals surface area contributed by atoms with Gasteiger partial charge in [0.05, 0.1) is 0 Å². The van der Waals surface area contributed by atoms with E-state index in [1.54, 1.807) is 6.07 Å². The lowest BCUT2D eigenvalue weighted by Crippen LogP contribution is -2.30. The molecule has 0 amide bonds. The van der Waals surface area contributed by atoms with Crippen molar-refractivity contribution in [3.05, 3.63) is 34.4 Å². The number of hydrogen-bond acceptors (Lipinski definition) is 2. The Kier molecular flexibility index (Phi) is 3.00. The molecule has 2 aliphatic carbocycles. The number of hydrogen-bond donors (Lipinski definition) is 1. The number of fused-ring (bicyclic) bond motifs is 2. The van der Waals surface area contributed by atoms with Crippen molar-refractivity contribution >= 4 is 11.9 Å². The minimum Gasteiger partial charge on any atom is -0.508 e. The van der Waals surface area contributed by atoms with Gasteiger partial charge < -0.3 is 5.11 Å². The topological polar surface area (TPSA) is 37.3 Å². The van der Waals surface area contributed by atoms with Crippen LogP contribution in [0.2, 0.25) is 0 Å². The summed E-state index contributed by atoms with van der Waals surface area (Å²) < 4.78 is 0. The number of carbonyl (C=O) groups excluding carboxylic acids is 1. The van der Waals surface area contributed by atoms with Crippen molar-refractivity contribution in [3.63, 3.8) is 0 Å². The maximum atomic E-state index is 12.6. The maximum Gasteiger partial charge on any atom is 0.164 e. The first kappa shape index (κ1) is 13.4. The molecule has 1 fully saturated rings. The lowest BCUT2D eigenvalue weighted by molar-refractivity contribution is 0.0906. The van der Waals surface area contributed by atoms with Crippen LogP contribution < -0.4 is 0 Å². The largest absolute Gasteiger partial charge is 0.508 e. The molecule has 2 nitrogen and oxygen atoms in total. The van der Waals surface area contributed by atoms with Crippen molar-refractivity contribution < 1.29 is 9.90 Å². The van der Waals surface area contributed by atoms with Crippen LogP contribution in [0.1, 0.15) is 61.0 Å². The second kappa shape index (κ2) is 4.47. The molecule has 1 aromatic carbocycles. The first-order chi connectivity index (χ1) is 9.38. The summed E-state index contributed by atoms with van der Waals surface area (Å²) in [7, 11) is 0. The van der Waals surface area contributed by atoms with E-state index in [0.29, 0.717) is 12.3 Å². The lowest BCUT2D eigenvalue weighted by atomic mass is 9.65. The molecule has 3 rings (SSSR count). The van der Waals surface area contributed by atoms with E-state index >= 15 is 0 Å². The van der Waals surface area contributed by atoms with Crippen molar-refractivity contribution in [3.8, 4) is 5.75 Å². The number of benzene rings is 1. The number of carbonyl (C=O) groups is 1. The number of aromatic hydroxyl groups is 1. The maximum absolute atomic E-state index is 12.6. The second-order valence-corrected chi connectivity index (χ2v) is 6.97. The minimum atomic E-state index is 0.193. The molecule has 2 aliphatic rings. The molecule has 106 valence electrons. The molecular formula is C18H22O2. The number of allylic oxidation sites excluding steroid dienone is 1. The molecule has 1 saturated carbocycles. The van der Waals surface area contributed by atoms with Gasteiger partial charge in [-0.05, 0) is 60.8 Å². The van der Waals surface area contributed by atoms with E-state index in [4.69, 9.17) is 0 Å². The molecule has 0 aromatic heterocycles. The van der Waals surface area contributed by atoms with Gasteiger partial charge in [0.1, 0.15) is 5.75 Å². The summed E-state index contributed by atoms with van der Waals surface area (Å²) in [6, 6.07) is 3.59. The Balaban J connectivity index is 2.14. The molecule has 0 radical (unpaired) electrons. The summed E-state index contributed by atoms with van der Waals surface area (Å²) in [6.07, 6.45) is 6.22. The van der Waals surface area contributed by atoms with Crippen molar-refractivity contribution in [2.45, 2.75) is 46.5 Å². The summed E-state index contributed by atoms with van der Waals surface area (Å²) in [4.78, 5) is 12.6. The highest BCUT2D eigenvalue weighted by atomic mass is 16.3. The Morgan fingerprint density at radius 2 is 2.05 bits per heavy atom. The third-order valence-electron chi connectivity index (χ3n) is 5.08. The van der Waals surface area contributed by atoms with E-state index in [0.717, 1.165) is 23.1 Å². The van der Waals surface area contributed by atoms with Gasteiger partial charge in [0.25, 0.3) is 0 Å². The van der Waals surface area contributed by atoms with Gasteiger partial charge in [-0.25, -0.2) is 0 Å². The molecule has 1 atom stereocenters. The summed E-state index contributed by atoms with van der Waals surface area (Å²) in [5, 5.41) is 9.91. The van der Waals surface area contributed by atoms with Crippen LogP contribution in [0.15, 0.2) is 17.7 Å². The fourth-order valence-corrected chi connectivity index (χ4v) is 3.75. The Bertz CT molecular complexity index is 608. The smallest absolute Gasteiger partial charge is 0.164 e. The van der Waals surface area contributed by atoms with Crippen molar-refractivity contribution in [2.24, 2.45) is 11.3 Å². The lowest BCUT2D eigenvalue weighted by Gasteiger charge is -2.40. The fourth-order valence-electron chi connectivity index (χ4n) is 3.75. The summed E-state index contributed by atoms with van der Waals surface area (Å²) in [5.74, 6) is 0.842. The molecule has 0 aliphatic heterocycles. The van der Waals surface area contributed by atoms with Gasteiger partial charge in [0.15, 0.2) is 5.78 Å². The van der Waals surface area contributed by atoms with E-state index < -0.39 is 0 Å². The normalized spacial score (nSPS) is 24.4. The number of Topliss-reactive ketones (excluding diaryl/α,β-unsaturated/α-hetero) is 1. The van der Waals surface area contributed by atoms with Crippen LogP contribution >= 0.6 is 0 Å². The molecule has 1 N–H and O–H groups in total. The third kappa shape index (κ3) is 2.07. The fraction of sp³-hybridized carbons (Fsp3) is 0.500. The third-order valence-corrected chi connectivity index (χ3v) is 5.08. The highest BCUT2D eigenvalue weighted by Crippen LogP contribution is 2.48. The Hall–Kier alpha value is -1.57. The van der Waals surface area contributed by atoms with Crippen molar-refractivity contribution in [1.29, 1.82) is 0 Å². The molecule has 0 saturated heterocycles. The van der Waals surface area contributed by atoms with Crippen LogP contribution in [0.25, 0.3) is 6.08 Å². The average Bonchev–Trinajstić information content (AvgIpc) is 2.49. The average molecular weight is 270 g/mol. The number of ketones is 1. The Morgan fingerprint density at radius 3 is 2.80 bits per heavy atom. The molecular weight excluding hydrogens is 248 g/mol. The van der Waals surface area contributed by atoms with E-state index in [1.165, 1.54) is 18.4 Å². The Labute approximate surface area is 120 Å². The van der Waals surface area contributed by atoms with E-state index in [9.17, 15) is 9.90 Å². The highest BCUT2D eigenvalue weighted by molar-refractivity contribution is 6.01. The second-order valence-electron chi connectivity index (χ2n) is 6.97. The number of rotatable bonds is 0. The minimum absolute atomic E-state index is 0.193. The number of phenols is 1. The molecule has 0 bridgehead atoms. The Morgan fingerprint density at radius 1 is 1.30 bits per heavy atom. The van der Waals surface area contributed by atoms with Gasteiger partial charge in [0.2, 0.25) is 0 Å². The quantitative estimate of drug-likeness (QED) is 0.753. The van der Waals surface area contributed by atoms with Gasteiger partial charge in [0, 0.05) is 12.0 Å². The zero-order valence-corrected chi connectivity index (χ0v) is 12.5. The molecule has 1 aromatic rings. The number of aryl methyl sites for hydroxylation is 1. The highest BCUT2D eigenvalue weighted by Gasteiger charge is 2.38. The number of phenolic OH excluding ortho intramolecular Hbond substituents is 1. The van der Waals surface area contributed by atoms with Gasteiger partial charge in [-0.15, -0.1) is 0 Å². The van der Waals surface area contributed by atoms with Crippen molar-refractivity contribution in [1.82, 2.24) is 0 Å². The summed E-state index contributed by atoms with van der Waals surface area (Å²) >= 11 is 0. The first-order valence-electron chi connectivity index (χ1n) is 7.46. The molecule has 20 heavy (non-hydrogen) atoms. The summed E-state index contributed by atoms with van der Waals surface area (Å²) in [5.41, 5.74) is 4.03.